The van der Waals surface area contributed by atoms with Crippen LogP contribution in [0.1, 0.15) is 15.9 Å². The Kier molecular flexibility index (Phi) is 4.83. The van der Waals surface area contributed by atoms with E-state index < -0.39 is 11.8 Å². The number of hydrogen-bond acceptors (Lipinski definition) is 7. The maximum absolute atomic E-state index is 12.5. The van der Waals surface area contributed by atoms with E-state index >= 15 is 0 Å². The summed E-state index contributed by atoms with van der Waals surface area (Å²) in [7, 11) is 0. The summed E-state index contributed by atoms with van der Waals surface area (Å²) >= 11 is 6.11. The smallest absolute Gasteiger partial charge is 0.285 e. The second-order valence-corrected chi connectivity index (χ2v) is 6.93. The van der Waals surface area contributed by atoms with Gasteiger partial charge in [0.05, 0.1) is 4.91 Å². The van der Waals surface area contributed by atoms with E-state index in [4.69, 9.17) is 12.2 Å². The molecule has 1 fully saturated rings. The summed E-state index contributed by atoms with van der Waals surface area (Å²) in [4.78, 5) is 25.0. The molecule has 26 heavy (non-hydrogen) atoms. The Labute approximate surface area is 157 Å². The first-order chi connectivity index (χ1) is 12.3. The lowest BCUT2D eigenvalue weighted by atomic mass is 10.2. The number of carbonyl (C=O) groups is 2. The molecule has 2 aromatic rings. The number of carbonyl (C=O) groups excluding carboxylic acids is 2. The van der Waals surface area contributed by atoms with Gasteiger partial charge in [-0.25, -0.2) is 0 Å². The van der Waals surface area contributed by atoms with E-state index in [1.54, 1.807) is 0 Å². The highest BCUT2D eigenvalue weighted by molar-refractivity contribution is 8.26. The highest BCUT2D eigenvalue weighted by atomic mass is 32.2. The van der Waals surface area contributed by atoms with Gasteiger partial charge in [0.25, 0.3) is 11.8 Å². The predicted octanol–water partition coefficient (Wildman–Crippen LogP) is 2.35. The van der Waals surface area contributed by atoms with Gasteiger partial charge in [0.1, 0.15) is 5.75 Å². The minimum Gasteiger partial charge on any atom is -0.508 e. The first-order valence-electron chi connectivity index (χ1n) is 7.25. The lowest BCUT2D eigenvalue weighted by molar-refractivity contribution is -0.123. The van der Waals surface area contributed by atoms with Gasteiger partial charge in [-0.2, -0.15) is 5.01 Å². The van der Waals surface area contributed by atoms with E-state index in [2.05, 4.69) is 5.43 Å². The normalized spacial score (nSPS) is 15.5. The molecular weight excluding hydrogens is 376 g/mol. The van der Waals surface area contributed by atoms with Crippen LogP contribution in [-0.2, 0) is 4.79 Å². The van der Waals surface area contributed by atoms with Gasteiger partial charge >= 0.3 is 0 Å². The Morgan fingerprint density at radius 1 is 1.12 bits per heavy atom. The summed E-state index contributed by atoms with van der Waals surface area (Å²) in [5.41, 5.74) is 3.06. The van der Waals surface area contributed by atoms with Crippen molar-refractivity contribution in [1.82, 2.24) is 10.4 Å². The molecule has 3 rings (SSSR count). The van der Waals surface area contributed by atoms with Gasteiger partial charge in [0.15, 0.2) is 15.8 Å². The van der Waals surface area contributed by atoms with Crippen molar-refractivity contribution in [3.8, 4) is 17.2 Å². The van der Waals surface area contributed by atoms with Crippen LogP contribution in [0.4, 0.5) is 0 Å². The fourth-order valence-corrected chi connectivity index (χ4v) is 3.34. The summed E-state index contributed by atoms with van der Waals surface area (Å²) in [6, 6.07) is 9.80. The van der Waals surface area contributed by atoms with Crippen molar-refractivity contribution in [3.63, 3.8) is 0 Å². The summed E-state index contributed by atoms with van der Waals surface area (Å²) in [6.45, 7) is 0. The number of phenolic OH excluding ortho intramolecular Hbond substituents is 3. The molecule has 0 aliphatic carbocycles. The zero-order valence-electron chi connectivity index (χ0n) is 13.0. The molecule has 1 heterocycles. The van der Waals surface area contributed by atoms with E-state index in [0.717, 1.165) is 16.8 Å². The highest BCUT2D eigenvalue weighted by Crippen LogP contribution is 2.33. The number of rotatable bonds is 3. The predicted molar refractivity (Wildman–Crippen MR) is 100 cm³/mol. The number of phenols is 3. The topological polar surface area (TPSA) is 110 Å². The molecule has 0 atom stereocenters. The molecule has 132 valence electrons. The molecule has 0 spiro atoms. The van der Waals surface area contributed by atoms with E-state index in [1.807, 2.05) is 0 Å². The standard InChI is InChI=1S/C17H12N2O5S2/c20-11-3-1-2-10(8-11)15(23)18-19-16(24)14(26-17(19)25)7-9-4-5-12(21)13(22)6-9/h1-8,20-22H,(H,18,23)/b14-7-. The molecule has 4 N–H and O–H groups in total. The Balaban J connectivity index is 1.79. The molecule has 1 aliphatic heterocycles. The number of hydrazine groups is 1. The van der Waals surface area contributed by atoms with Crippen LogP contribution in [0.15, 0.2) is 47.4 Å². The van der Waals surface area contributed by atoms with E-state index in [1.165, 1.54) is 48.5 Å². The number of hydrogen-bond donors (Lipinski definition) is 4. The first-order valence-corrected chi connectivity index (χ1v) is 8.47. The van der Waals surface area contributed by atoms with Gasteiger partial charge in [0, 0.05) is 5.56 Å². The zero-order valence-corrected chi connectivity index (χ0v) is 14.7. The highest BCUT2D eigenvalue weighted by Gasteiger charge is 2.33. The third-order valence-corrected chi connectivity index (χ3v) is 4.71. The molecule has 0 bridgehead atoms. The lowest BCUT2D eigenvalue weighted by Gasteiger charge is -2.15. The number of nitrogens with one attached hydrogen (secondary N) is 1. The Hall–Kier alpha value is -3.04. The molecule has 2 amide bonds. The fourth-order valence-electron chi connectivity index (χ4n) is 2.16. The van der Waals surface area contributed by atoms with Gasteiger partial charge in [0.2, 0.25) is 0 Å². The van der Waals surface area contributed by atoms with Crippen molar-refractivity contribution in [2.24, 2.45) is 0 Å². The van der Waals surface area contributed by atoms with Crippen LogP contribution < -0.4 is 5.43 Å². The molecular formula is C17H12N2O5S2. The van der Waals surface area contributed by atoms with Crippen LogP contribution >= 0.6 is 24.0 Å². The average Bonchev–Trinajstić information content (AvgIpc) is 2.85. The van der Waals surface area contributed by atoms with E-state index in [9.17, 15) is 24.9 Å². The van der Waals surface area contributed by atoms with Gasteiger partial charge in [-0.3, -0.25) is 15.0 Å². The fraction of sp³-hybridized carbons (Fsp3) is 0. The van der Waals surface area contributed by atoms with E-state index in [0.29, 0.717) is 5.56 Å². The maximum Gasteiger partial charge on any atom is 0.285 e. The molecule has 1 aliphatic rings. The number of nitrogens with zero attached hydrogens (tertiary/aromatic N) is 1. The Morgan fingerprint density at radius 2 is 1.88 bits per heavy atom. The SMILES string of the molecule is O=C(NN1C(=O)/C(=C/c2ccc(O)c(O)c2)SC1=S)c1cccc(O)c1. The van der Waals surface area contributed by atoms with Gasteiger partial charge in [-0.15, -0.1) is 0 Å². The number of thiocarbonyl (C=S) groups is 1. The first kappa shape index (κ1) is 17.8. The van der Waals surface area contributed by atoms with Crippen LogP contribution in [0, 0.1) is 0 Å². The molecule has 7 nitrogen and oxygen atoms in total. The quantitative estimate of drug-likeness (QED) is 0.363. The van der Waals surface area contributed by atoms with Crippen LogP contribution in [0.5, 0.6) is 17.2 Å². The molecule has 0 unspecified atom stereocenters. The number of amides is 2. The van der Waals surface area contributed by atoms with Gasteiger partial charge < -0.3 is 15.3 Å². The minimum atomic E-state index is -0.597. The van der Waals surface area contributed by atoms with Crippen molar-refractivity contribution in [3.05, 3.63) is 58.5 Å². The van der Waals surface area contributed by atoms with Crippen molar-refractivity contribution < 1.29 is 24.9 Å². The second-order valence-electron chi connectivity index (χ2n) is 5.26. The Bertz CT molecular complexity index is 958. The molecule has 0 radical (unpaired) electrons. The second kappa shape index (κ2) is 7.06. The minimum absolute atomic E-state index is 0.0740. The number of benzene rings is 2. The molecule has 0 saturated carbocycles. The average molecular weight is 388 g/mol. The summed E-state index contributed by atoms with van der Waals surface area (Å²) in [5, 5.41) is 29.2. The number of aromatic hydroxyl groups is 3. The zero-order chi connectivity index (χ0) is 18.8. The third kappa shape index (κ3) is 3.63. The summed E-state index contributed by atoms with van der Waals surface area (Å²) in [6.07, 6.45) is 1.49. The third-order valence-electron chi connectivity index (χ3n) is 3.41. The van der Waals surface area contributed by atoms with Crippen LogP contribution in [0.25, 0.3) is 6.08 Å². The molecule has 2 aromatic carbocycles. The van der Waals surface area contributed by atoms with Crippen molar-refractivity contribution in [2.45, 2.75) is 0 Å². The summed E-state index contributed by atoms with van der Waals surface area (Å²) in [5.74, 6) is -1.78. The largest absolute Gasteiger partial charge is 0.508 e. The van der Waals surface area contributed by atoms with Crippen LogP contribution in [-0.4, -0.2) is 36.5 Å². The van der Waals surface area contributed by atoms with Crippen LogP contribution in [0.3, 0.4) is 0 Å². The monoisotopic (exact) mass is 388 g/mol. The lowest BCUT2D eigenvalue weighted by Crippen LogP contribution is -2.44. The van der Waals surface area contributed by atoms with E-state index in [-0.39, 0.29) is 32.0 Å². The van der Waals surface area contributed by atoms with Crippen molar-refractivity contribution >= 4 is 46.2 Å². The number of thioether (sulfide) groups is 1. The van der Waals surface area contributed by atoms with Crippen molar-refractivity contribution in [1.29, 1.82) is 0 Å². The molecule has 9 heteroatoms. The molecule has 0 aromatic heterocycles. The Morgan fingerprint density at radius 3 is 2.58 bits per heavy atom. The van der Waals surface area contributed by atoms with Gasteiger partial charge in [-0.05, 0) is 54.2 Å². The molecule has 1 saturated heterocycles. The van der Waals surface area contributed by atoms with Crippen LogP contribution in [0.2, 0.25) is 0 Å². The summed E-state index contributed by atoms with van der Waals surface area (Å²) < 4.78 is 0.137. The maximum atomic E-state index is 12.5. The van der Waals surface area contributed by atoms with Crippen molar-refractivity contribution in [2.75, 3.05) is 0 Å². The van der Waals surface area contributed by atoms with Gasteiger partial charge in [-0.1, -0.05) is 23.9 Å².